The highest BCUT2D eigenvalue weighted by Crippen LogP contribution is 2.20. The van der Waals surface area contributed by atoms with E-state index in [9.17, 15) is 19.1 Å². The second-order valence-electron chi connectivity index (χ2n) is 7.09. The van der Waals surface area contributed by atoms with Crippen molar-refractivity contribution in [2.45, 2.75) is 45.6 Å². The Morgan fingerprint density at radius 3 is 2.38 bits per heavy atom. The first-order valence-electron chi connectivity index (χ1n) is 8.49. The van der Waals surface area contributed by atoms with Crippen LogP contribution in [0.2, 0.25) is 0 Å². The summed E-state index contributed by atoms with van der Waals surface area (Å²) >= 11 is 0. The molecule has 2 aromatic rings. The molecular weight excluding hydrogens is 337 g/mol. The summed E-state index contributed by atoms with van der Waals surface area (Å²) in [4.78, 5) is 24.1. The molecule has 0 saturated carbocycles. The molecule has 0 fully saturated rings. The van der Waals surface area contributed by atoms with Crippen LogP contribution in [0.25, 0.3) is 0 Å². The van der Waals surface area contributed by atoms with E-state index in [4.69, 9.17) is 0 Å². The highest BCUT2D eigenvalue weighted by Gasteiger charge is 2.25. The molecule has 0 radical (unpaired) electrons. The molecule has 7 heteroatoms. The second-order valence-corrected chi connectivity index (χ2v) is 7.09. The van der Waals surface area contributed by atoms with E-state index in [1.807, 2.05) is 27.7 Å². The van der Waals surface area contributed by atoms with E-state index in [1.165, 1.54) is 30.5 Å². The number of benzene rings is 1. The zero-order chi connectivity index (χ0) is 19.5. The molecule has 1 heterocycles. The first kappa shape index (κ1) is 19.6. The molecule has 0 spiro atoms. The predicted molar refractivity (Wildman–Crippen MR) is 95.7 cm³/mol. The van der Waals surface area contributed by atoms with Crippen molar-refractivity contribution in [2.24, 2.45) is 0 Å². The molecule has 1 atom stereocenters. The van der Waals surface area contributed by atoms with Crippen LogP contribution in [-0.4, -0.2) is 33.3 Å². The van der Waals surface area contributed by atoms with Gasteiger partial charge in [0.15, 0.2) is 0 Å². The number of hydrogen-bond donors (Lipinski definition) is 2. The van der Waals surface area contributed by atoms with Crippen LogP contribution in [0.1, 0.15) is 55.2 Å². The van der Waals surface area contributed by atoms with E-state index in [2.05, 4.69) is 10.4 Å². The number of aromatic nitrogens is 2. The van der Waals surface area contributed by atoms with Crippen LogP contribution in [0.15, 0.2) is 30.5 Å². The van der Waals surface area contributed by atoms with Crippen molar-refractivity contribution in [1.82, 2.24) is 15.1 Å². The number of nitrogens with one attached hydrogen (secondary N) is 1. The zero-order valence-corrected chi connectivity index (χ0v) is 15.4. The fourth-order valence-electron chi connectivity index (χ4n) is 2.81. The largest absolute Gasteiger partial charge is 0.481 e. The summed E-state index contributed by atoms with van der Waals surface area (Å²) in [5.41, 5.74) is 1.40. The second kappa shape index (κ2) is 7.68. The molecule has 1 aromatic carbocycles. The number of carboxylic acids is 1. The molecule has 1 aromatic heterocycles. The quantitative estimate of drug-likeness (QED) is 0.828. The van der Waals surface area contributed by atoms with Crippen LogP contribution < -0.4 is 5.32 Å². The summed E-state index contributed by atoms with van der Waals surface area (Å²) in [6.07, 6.45) is 2.13. The third-order valence-electron chi connectivity index (χ3n) is 4.12. The summed E-state index contributed by atoms with van der Waals surface area (Å²) in [7, 11) is 0. The van der Waals surface area contributed by atoms with Gasteiger partial charge in [0.25, 0.3) is 5.91 Å². The third kappa shape index (κ3) is 4.28. The lowest BCUT2D eigenvalue weighted by Crippen LogP contribution is -2.32. The molecule has 140 valence electrons. The third-order valence-corrected chi connectivity index (χ3v) is 4.12. The summed E-state index contributed by atoms with van der Waals surface area (Å²) < 4.78 is 14.8. The van der Waals surface area contributed by atoms with Gasteiger partial charge in [0, 0.05) is 6.54 Å². The zero-order valence-electron chi connectivity index (χ0n) is 15.4. The molecule has 1 unspecified atom stereocenters. The van der Waals surface area contributed by atoms with Crippen LogP contribution in [-0.2, 0) is 16.8 Å². The number of amides is 1. The Hall–Kier alpha value is -2.70. The van der Waals surface area contributed by atoms with Crippen molar-refractivity contribution in [2.75, 3.05) is 6.54 Å². The van der Waals surface area contributed by atoms with Gasteiger partial charge < -0.3 is 10.4 Å². The number of halogens is 1. The average molecular weight is 361 g/mol. The Kier molecular flexibility index (Phi) is 5.79. The number of hydrogen-bond acceptors (Lipinski definition) is 3. The van der Waals surface area contributed by atoms with Crippen LogP contribution in [0.4, 0.5) is 4.39 Å². The lowest BCUT2D eigenvalue weighted by atomic mass is 9.99. The summed E-state index contributed by atoms with van der Waals surface area (Å²) in [5.74, 6) is -2.85. The summed E-state index contributed by atoms with van der Waals surface area (Å²) in [5, 5.41) is 16.4. The Morgan fingerprint density at radius 1 is 1.27 bits per heavy atom. The number of carbonyl (C=O) groups is 2. The van der Waals surface area contributed by atoms with Gasteiger partial charge in [-0.15, -0.1) is 0 Å². The standard InChI is InChI=1S/C19H24FN3O3/c1-5-16-15(11-22-23(16)19(2,3)4)17(24)21-10-14(18(25)26)12-6-8-13(20)9-7-12/h6-9,11,14H,5,10H2,1-4H3,(H,21,24)(H,25,26). The maximum atomic E-state index is 13.0. The van der Waals surface area contributed by atoms with Gasteiger partial charge in [0.05, 0.1) is 28.9 Å². The first-order chi connectivity index (χ1) is 12.1. The minimum absolute atomic E-state index is 0.0936. The van der Waals surface area contributed by atoms with Crippen molar-refractivity contribution in [3.63, 3.8) is 0 Å². The number of nitrogens with zero attached hydrogens (tertiary/aromatic N) is 2. The molecule has 1 amide bonds. The monoisotopic (exact) mass is 361 g/mol. The van der Waals surface area contributed by atoms with Gasteiger partial charge in [-0.1, -0.05) is 19.1 Å². The fraction of sp³-hybridized carbons (Fsp3) is 0.421. The normalized spacial score (nSPS) is 12.7. The van der Waals surface area contributed by atoms with Gasteiger partial charge >= 0.3 is 5.97 Å². The molecule has 0 saturated heterocycles. The molecular formula is C19H24FN3O3. The van der Waals surface area contributed by atoms with Crippen molar-refractivity contribution < 1.29 is 19.1 Å². The van der Waals surface area contributed by atoms with Gasteiger partial charge in [-0.05, 0) is 44.9 Å². The van der Waals surface area contributed by atoms with Crippen LogP contribution in [0.3, 0.4) is 0 Å². The molecule has 0 aliphatic heterocycles. The number of carboxylic acid groups (broad SMARTS) is 1. The minimum atomic E-state index is -1.09. The number of aliphatic carboxylic acids is 1. The van der Waals surface area contributed by atoms with E-state index in [0.29, 0.717) is 17.5 Å². The van der Waals surface area contributed by atoms with Gasteiger partial charge in [0.1, 0.15) is 5.82 Å². The molecule has 6 nitrogen and oxygen atoms in total. The molecule has 0 aliphatic rings. The Bertz CT molecular complexity index is 791. The van der Waals surface area contributed by atoms with Crippen molar-refractivity contribution >= 4 is 11.9 Å². The molecule has 26 heavy (non-hydrogen) atoms. The smallest absolute Gasteiger partial charge is 0.312 e. The molecule has 0 bridgehead atoms. The minimum Gasteiger partial charge on any atom is -0.481 e. The van der Waals surface area contributed by atoms with Crippen molar-refractivity contribution in [3.05, 3.63) is 53.1 Å². The van der Waals surface area contributed by atoms with E-state index in [1.54, 1.807) is 4.68 Å². The Balaban J connectivity index is 2.18. The summed E-state index contributed by atoms with van der Waals surface area (Å²) in [6, 6.07) is 5.23. The lowest BCUT2D eigenvalue weighted by molar-refractivity contribution is -0.138. The van der Waals surface area contributed by atoms with Crippen LogP contribution in [0.5, 0.6) is 0 Å². The Labute approximate surface area is 152 Å². The first-order valence-corrected chi connectivity index (χ1v) is 8.49. The van der Waals surface area contributed by atoms with E-state index < -0.39 is 17.7 Å². The van der Waals surface area contributed by atoms with Crippen molar-refractivity contribution in [1.29, 1.82) is 0 Å². The maximum absolute atomic E-state index is 13.0. The topological polar surface area (TPSA) is 84.2 Å². The van der Waals surface area contributed by atoms with E-state index in [-0.39, 0.29) is 18.0 Å². The average Bonchev–Trinajstić information content (AvgIpc) is 3.00. The lowest BCUT2D eigenvalue weighted by Gasteiger charge is -2.22. The van der Waals surface area contributed by atoms with E-state index >= 15 is 0 Å². The molecule has 0 aliphatic carbocycles. The maximum Gasteiger partial charge on any atom is 0.312 e. The molecule has 2 N–H and O–H groups in total. The highest BCUT2D eigenvalue weighted by molar-refractivity contribution is 5.95. The predicted octanol–water partition coefficient (Wildman–Crippen LogP) is 2.94. The number of rotatable bonds is 6. The Morgan fingerprint density at radius 2 is 1.88 bits per heavy atom. The van der Waals surface area contributed by atoms with Gasteiger partial charge in [-0.3, -0.25) is 14.3 Å². The highest BCUT2D eigenvalue weighted by atomic mass is 19.1. The summed E-state index contributed by atoms with van der Waals surface area (Å²) in [6.45, 7) is 7.83. The van der Waals surface area contributed by atoms with Gasteiger partial charge in [0.2, 0.25) is 0 Å². The van der Waals surface area contributed by atoms with Crippen LogP contribution in [0, 0.1) is 5.82 Å². The van der Waals surface area contributed by atoms with Crippen molar-refractivity contribution in [3.8, 4) is 0 Å². The van der Waals surface area contributed by atoms with Crippen LogP contribution >= 0.6 is 0 Å². The number of carbonyl (C=O) groups excluding carboxylic acids is 1. The van der Waals surface area contributed by atoms with Gasteiger partial charge in [-0.2, -0.15) is 5.10 Å². The molecule has 2 rings (SSSR count). The van der Waals surface area contributed by atoms with E-state index in [0.717, 1.165) is 5.69 Å². The fourth-order valence-corrected chi connectivity index (χ4v) is 2.81. The van der Waals surface area contributed by atoms with Gasteiger partial charge in [-0.25, -0.2) is 4.39 Å². The SMILES string of the molecule is CCc1c(C(=O)NCC(C(=O)O)c2ccc(F)cc2)cnn1C(C)(C)C.